The van der Waals surface area contributed by atoms with Crippen LogP contribution in [0.5, 0.6) is 11.5 Å². The van der Waals surface area contributed by atoms with E-state index in [0.717, 1.165) is 11.1 Å². The molecule has 0 aliphatic rings. The maximum absolute atomic E-state index is 13.4. The SMILES string of the molecule is COc1cc2c(=O)c(C(=O)c3ccc(Cl)cc3)cn(Cc3ccc(C)cc3)c2cc1OC. The van der Waals surface area contributed by atoms with Crippen LogP contribution in [0.25, 0.3) is 10.9 Å². The molecule has 162 valence electrons. The normalized spacial score (nSPS) is 10.9. The second-order valence-corrected chi connectivity index (χ2v) is 7.98. The zero-order chi connectivity index (χ0) is 22.8. The van der Waals surface area contributed by atoms with Crippen molar-refractivity contribution in [1.29, 1.82) is 0 Å². The number of carbonyl (C=O) groups is 1. The number of fused-ring (bicyclic) bond motifs is 1. The molecule has 0 aliphatic heterocycles. The van der Waals surface area contributed by atoms with Crippen LogP contribution in [0.4, 0.5) is 0 Å². The molecule has 0 amide bonds. The third-order valence-electron chi connectivity index (χ3n) is 5.41. The number of aromatic nitrogens is 1. The maximum Gasteiger partial charge on any atom is 0.200 e. The summed E-state index contributed by atoms with van der Waals surface area (Å²) in [7, 11) is 3.06. The summed E-state index contributed by atoms with van der Waals surface area (Å²) < 4.78 is 12.7. The van der Waals surface area contributed by atoms with Crippen LogP contribution in [-0.2, 0) is 6.54 Å². The van der Waals surface area contributed by atoms with Crippen molar-refractivity contribution < 1.29 is 14.3 Å². The van der Waals surface area contributed by atoms with Crippen LogP contribution < -0.4 is 14.9 Å². The van der Waals surface area contributed by atoms with Gasteiger partial charge in [-0.15, -0.1) is 0 Å². The lowest BCUT2D eigenvalue weighted by molar-refractivity contribution is 0.103. The third-order valence-corrected chi connectivity index (χ3v) is 5.66. The van der Waals surface area contributed by atoms with E-state index < -0.39 is 0 Å². The van der Waals surface area contributed by atoms with Crippen molar-refractivity contribution in [2.24, 2.45) is 0 Å². The quantitative estimate of drug-likeness (QED) is 0.378. The van der Waals surface area contributed by atoms with Crippen LogP contribution in [0.2, 0.25) is 5.02 Å². The van der Waals surface area contributed by atoms with E-state index in [-0.39, 0.29) is 16.8 Å². The van der Waals surface area contributed by atoms with E-state index >= 15 is 0 Å². The number of ketones is 1. The lowest BCUT2D eigenvalue weighted by Gasteiger charge is -2.16. The zero-order valence-corrected chi connectivity index (χ0v) is 18.8. The largest absolute Gasteiger partial charge is 0.493 e. The minimum atomic E-state index is -0.360. The summed E-state index contributed by atoms with van der Waals surface area (Å²) in [5, 5.41) is 0.906. The molecule has 5 nitrogen and oxygen atoms in total. The van der Waals surface area contributed by atoms with E-state index in [0.29, 0.717) is 39.5 Å². The standard InChI is InChI=1S/C26H22ClNO4/c1-16-4-6-17(7-5-16)14-28-15-21(25(29)18-8-10-19(27)11-9-18)26(30)20-12-23(31-2)24(32-3)13-22(20)28/h4-13,15H,14H2,1-3H3. The second-order valence-electron chi connectivity index (χ2n) is 7.55. The number of pyridine rings is 1. The molecule has 0 atom stereocenters. The van der Waals surface area contributed by atoms with Crippen LogP contribution in [0.15, 0.2) is 71.7 Å². The van der Waals surface area contributed by atoms with Crippen molar-refractivity contribution in [3.63, 3.8) is 0 Å². The number of hydrogen-bond donors (Lipinski definition) is 0. The number of carbonyl (C=O) groups excluding carboxylic acids is 1. The lowest BCUT2D eigenvalue weighted by atomic mass is 10.0. The number of nitrogens with zero attached hydrogens (tertiary/aromatic N) is 1. The van der Waals surface area contributed by atoms with Crippen molar-refractivity contribution in [2.45, 2.75) is 13.5 Å². The summed E-state index contributed by atoms with van der Waals surface area (Å²) in [5.74, 6) is 0.574. The Bertz CT molecular complexity index is 1360. The van der Waals surface area contributed by atoms with Crippen molar-refractivity contribution >= 4 is 28.3 Å². The molecule has 0 N–H and O–H groups in total. The summed E-state index contributed by atoms with van der Waals surface area (Å²) in [6.07, 6.45) is 1.62. The van der Waals surface area contributed by atoms with E-state index in [1.807, 2.05) is 35.8 Å². The fourth-order valence-electron chi connectivity index (χ4n) is 3.66. The van der Waals surface area contributed by atoms with Gasteiger partial charge >= 0.3 is 0 Å². The van der Waals surface area contributed by atoms with Crippen LogP contribution in [-0.4, -0.2) is 24.6 Å². The molecular weight excluding hydrogens is 426 g/mol. The highest BCUT2D eigenvalue weighted by molar-refractivity contribution is 6.30. The Balaban J connectivity index is 1.95. The van der Waals surface area contributed by atoms with E-state index in [4.69, 9.17) is 21.1 Å². The van der Waals surface area contributed by atoms with Crippen LogP contribution in [0, 0.1) is 6.92 Å². The number of methoxy groups -OCH3 is 2. The molecule has 0 saturated heterocycles. The second kappa shape index (κ2) is 8.89. The van der Waals surface area contributed by atoms with Gasteiger partial charge in [0.15, 0.2) is 17.3 Å². The Labute approximate surface area is 190 Å². The first-order chi connectivity index (χ1) is 15.4. The first kappa shape index (κ1) is 21.7. The van der Waals surface area contributed by atoms with E-state index in [9.17, 15) is 9.59 Å². The number of halogens is 1. The summed E-state index contributed by atoms with van der Waals surface area (Å²) >= 11 is 5.96. The highest BCUT2D eigenvalue weighted by atomic mass is 35.5. The molecule has 4 aromatic rings. The summed E-state index contributed by atoms with van der Waals surface area (Å²) in [4.78, 5) is 26.6. The van der Waals surface area contributed by atoms with Crippen molar-refractivity contribution in [3.8, 4) is 11.5 Å². The number of aryl methyl sites for hydroxylation is 1. The highest BCUT2D eigenvalue weighted by Crippen LogP contribution is 2.31. The fourth-order valence-corrected chi connectivity index (χ4v) is 3.78. The third kappa shape index (κ3) is 4.12. The molecule has 0 bridgehead atoms. The maximum atomic E-state index is 13.4. The Hall–Kier alpha value is -3.57. The minimum Gasteiger partial charge on any atom is -0.493 e. The molecule has 0 spiro atoms. The molecule has 3 aromatic carbocycles. The predicted molar refractivity (Wildman–Crippen MR) is 126 cm³/mol. The molecule has 32 heavy (non-hydrogen) atoms. The molecule has 6 heteroatoms. The predicted octanol–water partition coefficient (Wildman–Crippen LogP) is 5.26. The average molecular weight is 448 g/mol. The molecule has 4 rings (SSSR count). The first-order valence-corrected chi connectivity index (χ1v) is 10.4. The van der Waals surface area contributed by atoms with Gasteiger partial charge in [-0.25, -0.2) is 0 Å². The minimum absolute atomic E-state index is 0.0826. The zero-order valence-electron chi connectivity index (χ0n) is 18.0. The number of rotatable bonds is 6. The first-order valence-electron chi connectivity index (χ1n) is 10.1. The molecule has 0 fully saturated rings. The highest BCUT2D eigenvalue weighted by Gasteiger charge is 2.19. The van der Waals surface area contributed by atoms with Crippen molar-refractivity contribution in [3.05, 3.63) is 104 Å². The molecule has 1 aromatic heterocycles. The summed E-state index contributed by atoms with van der Waals surface area (Å²) in [6.45, 7) is 2.51. The Morgan fingerprint density at radius 1 is 0.938 bits per heavy atom. The number of benzene rings is 3. The van der Waals surface area contributed by atoms with Gasteiger partial charge in [-0.1, -0.05) is 41.4 Å². The molecule has 1 heterocycles. The van der Waals surface area contributed by atoms with Gasteiger partial charge in [0.2, 0.25) is 5.43 Å². The van der Waals surface area contributed by atoms with Gasteiger partial charge in [0.05, 0.1) is 30.7 Å². The van der Waals surface area contributed by atoms with Gasteiger partial charge < -0.3 is 14.0 Å². The number of ether oxygens (including phenoxy) is 2. The molecule has 0 aliphatic carbocycles. The van der Waals surface area contributed by atoms with Crippen molar-refractivity contribution in [2.75, 3.05) is 14.2 Å². The van der Waals surface area contributed by atoms with Crippen LogP contribution in [0.1, 0.15) is 27.0 Å². The lowest BCUT2D eigenvalue weighted by Crippen LogP contribution is -2.20. The van der Waals surface area contributed by atoms with Crippen LogP contribution >= 0.6 is 11.6 Å². The number of hydrogen-bond acceptors (Lipinski definition) is 4. The smallest absolute Gasteiger partial charge is 0.200 e. The van der Waals surface area contributed by atoms with Gasteiger partial charge in [-0.05, 0) is 42.8 Å². The van der Waals surface area contributed by atoms with E-state index in [1.54, 1.807) is 49.7 Å². The Kier molecular flexibility index (Phi) is 6.01. The summed E-state index contributed by atoms with van der Waals surface area (Å²) in [5.41, 5.74) is 2.97. The topological polar surface area (TPSA) is 57.5 Å². The van der Waals surface area contributed by atoms with Gasteiger partial charge in [-0.3, -0.25) is 9.59 Å². The van der Waals surface area contributed by atoms with Gasteiger partial charge in [0, 0.05) is 29.4 Å². The van der Waals surface area contributed by atoms with E-state index in [1.165, 1.54) is 7.11 Å². The average Bonchev–Trinajstić information content (AvgIpc) is 2.81. The van der Waals surface area contributed by atoms with Crippen molar-refractivity contribution in [1.82, 2.24) is 4.57 Å². The Morgan fingerprint density at radius 3 is 2.19 bits per heavy atom. The summed E-state index contributed by atoms with van der Waals surface area (Å²) in [6, 6.07) is 18.0. The Morgan fingerprint density at radius 2 is 1.56 bits per heavy atom. The molecular formula is C26H22ClNO4. The van der Waals surface area contributed by atoms with Gasteiger partial charge in [0.25, 0.3) is 0 Å². The van der Waals surface area contributed by atoms with E-state index in [2.05, 4.69) is 0 Å². The molecule has 0 saturated carbocycles. The molecule has 0 radical (unpaired) electrons. The molecule has 0 unspecified atom stereocenters. The fraction of sp³-hybridized carbons (Fsp3) is 0.154. The van der Waals surface area contributed by atoms with Gasteiger partial charge in [-0.2, -0.15) is 0 Å². The monoisotopic (exact) mass is 447 g/mol. The van der Waals surface area contributed by atoms with Crippen LogP contribution in [0.3, 0.4) is 0 Å². The van der Waals surface area contributed by atoms with Gasteiger partial charge in [0.1, 0.15) is 0 Å².